The smallest absolute Gasteiger partial charge is 0.312 e. The number of ketones is 3. The number of benzene rings is 2. The highest BCUT2D eigenvalue weighted by Gasteiger charge is 2.44. The van der Waals surface area contributed by atoms with Crippen molar-refractivity contribution in [2.24, 2.45) is 59.0 Å². The van der Waals surface area contributed by atoms with Gasteiger partial charge in [-0.1, -0.05) is 111 Å². The first-order valence-corrected chi connectivity index (χ1v) is 34.8. The Kier molecular flexibility index (Phi) is 34.4. The Labute approximate surface area is 570 Å². The Morgan fingerprint density at radius 1 is 0.667 bits per heavy atom. The van der Waals surface area contributed by atoms with Gasteiger partial charge in [-0.3, -0.25) is 52.8 Å². The number of urea groups is 1. The van der Waals surface area contributed by atoms with E-state index in [1.807, 2.05) is 90.9 Å². The highest BCUT2D eigenvalue weighted by atomic mass is 16.5. The number of likely N-dealkylation sites (N-methyl/N-ethyl adjacent to an activating group) is 2. The summed E-state index contributed by atoms with van der Waals surface area (Å²) in [4.78, 5) is 157. The van der Waals surface area contributed by atoms with Crippen LogP contribution in [-0.2, 0) is 75.1 Å². The Balaban J connectivity index is 1.43. The van der Waals surface area contributed by atoms with Gasteiger partial charge in [0.05, 0.1) is 55.3 Å². The number of hydrogen-bond acceptors (Lipinski definition) is 15. The third kappa shape index (κ3) is 24.8. The molecule has 0 spiro atoms. The van der Waals surface area contributed by atoms with Crippen molar-refractivity contribution < 1.29 is 67.0 Å². The highest BCUT2D eigenvalue weighted by Crippen LogP contribution is 2.33. The Morgan fingerprint density at radius 2 is 1.31 bits per heavy atom. The molecule has 23 heteroatoms. The molecule has 0 saturated carbocycles. The van der Waals surface area contributed by atoms with Crippen molar-refractivity contribution in [1.82, 2.24) is 35.6 Å². The summed E-state index contributed by atoms with van der Waals surface area (Å²) in [5.41, 5.74) is 7.26. The Morgan fingerprint density at radius 3 is 1.88 bits per heavy atom. The van der Waals surface area contributed by atoms with Crippen LogP contribution in [0.3, 0.4) is 0 Å². The highest BCUT2D eigenvalue weighted by molar-refractivity contribution is 5.98. The van der Waals surface area contributed by atoms with E-state index in [9.17, 15) is 52.7 Å². The number of rotatable bonds is 41. The molecule has 11 atom stereocenters. The second kappa shape index (κ2) is 40.6. The lowest BCUT2D eigenvalue weighted by molar-refractivity contribution is -0.151. The van der Waals surface area contributed by atoms with E-state index in [-0.39, 0.29) is 154 Å². The van der Waals surface area contributed by atoms with Crippen molar-refractivity contribution in [1.29, 1.82) is 0 Å². The molecule has 96 heavy (non-hydrogen) atoms. The van der Waals surface area contributed by atoms with E-state index in [2.05, 4.69) is 21.3 Å². The van der Waals surface area contributed by atoms with Crippen LogP contribution in [0.15, 0.2) is 54.6 Å². The molecule has 536 valence electrons. The fraction of sp³-hybridized carbons (Fsp3) is 0.685. The standard InChI is InChI=1S/C73H115N9O14/c1-16-48(9)67(80(13)71(91)56(45(3)4)42-60(85)66(47(7)8)79(11)12)61(94-14)43-64(88)82-36-22-26-57(82)68(95-15)49(10)58(83)41-54(39-50-23-19-18-20-24-50)69(89)76-44-51-27-29-55(30-28-51)77-70(90)53(25-21-35-75-73(74)93)40-59(84)65(46(5)6)78-62(86)31-32-63(87)81-37-33-52(34-38-81)72(92)96-17-2/h18-20,23-24,27-30,45-49,52-54,56-57,61,65-68H,16-17,21-22,25-26,31-44H2,1-15H3,(H,76,89)(H,77,90)(H,78,86)(H3,74,75,93)/t48-,49-,53+,54+,56-,57-,61+,65-,66-,67-,68+/m0/s1. The van der Waals surface area contributed by atoms with Crippen molar-refractivity contribution in [3.63, 3.8) is 0 Å². The number of likely N-dealkylation sites (tertiary alicyclic amines) is 2. The molecule has 2 aromatic carbocycles. The number of carbonyl (C=O) groups excluding carboxylic acids is 11. The van der Waals surface area contributed by atoms with Crippen LogP contribution in [0.2, 0.25) is 0 Å². The molecule has 2 heterocycles. The van der Waals surface area contributed by atoms with Crippen molar-refractivity contribution in [2.75, 3.05) is 73.5 Å². The summed E-state index contributed by atoms with van der Waals surface area (Å²) in [5, 5.41) is 11.2. The number of carbonyl (C=O) groups is 11. The van der Waals surface area contributed by atoms with E-state index >= 15 is 0 Å². The van der Waals surface area contributed by atoms with Gasteiger partial charge in [0.1, 0.15) is 5.78 Å². The van der Waals surface area contributed by atoms with E-state index in [4.69, 9.17) is 19.9 Å². The van der Waals surface area contributed by atoms with Gasteiger partial charge < -0.3 is 55.9 Å². The monoisotopic (exact) mass is 1340 g/mol. The molecular weight excluding hydrogens is 1230 g/mol. The first-order valence-electron chi connectivity index (χ1n) is 34.8. The molecule has 8 amide bonds. The normalized spacial score (nSPS) is 17.5. The van der Waals surface area contributed by atoms with Gasteiger partial charge in [-0.15, -0.1) is 0 Å². The largest absolute Gasteiger partial charge is 0.466 e. The van der Waals surface area contributed by atoms with Crippen molar-refractivity contribution in [2.45, 2.75) is 202 Å². The number of primary amides is 1. The summed E-state index contributed by atoms with van der Waals surface area (Å²) >= 11 is 0. The predicted octanol–water partition coefficient (Wildman–Crippen LogP) is 7.54. The van der Waals surface area contributed by atoms with E-state index in [0.29, 0.717) is 69.4 Å². The number of Topliss-reactive ketones (excluding diaryl/α,β-unsaturated/α-hetero) is 3. The van der Waals surface area contributed by atoms with Gasteiger partial charge in [0, 0.05) is 115 Å². The lowest BCUT2D eigenvalue weighted by atomic mass is 9.83. The third-order valence-corrected chi connectivity index (χ3v) is 19.5. The maximum absolute atomic E-state index is 14.7. The summed E-state index contributed by atoms with van der Waals surface area (Å²) in [6.45, 7) is 20.8. The maximum Gasteiger partial charge on any atom is 0.312 e. The van der Waals surface area contributed by atoms with E-state index < -0.39 is 71.9 Å². The number of piperidine rings is 1. The minimum atomic E-state index is -0.956. The maximum atomic E-state index is 14.7. The van der Waals surface area contributed by atoms with Crippen LogP contribution in [0, 0.1) is 53.3 Å². The number of amides is 8. The molecule has 2 saturated heterocycles. The number of nitrogens with two attached hydrogens (primary N) is 1. The summed E-state index contributed by atoms with van der Waals surface area (Å²) in [7, 11) is 8.59. The molecule has 6 N–H and O–H groups in total. The molecule has 0 radical (unpaired) electrons. The fourth-order valence-electron chi connectivity index (χ4n) is 13.8. The number of esters is 1. The molecular formula is C73H115N9O14. The number of hydrogen-bond donors (Lipinski definition) is 5. The lowest BCUT2D eigenvalue weighted by Gasteiger charge is -2.41. The minimum absolute atomic E-state index is 0.0123. The molecule has 0 aromatic heterocycles. The van der Waals surface area contributed by atoms with Crippen LogP contribution in [0.5, 0.6) is 0 Å². The molecule has 0 bridgehead atoms. The minimum Gasteiger partial charge on any atom is -0.466 e. The van der Waals surface area contributed by atoms with Crippen LogP contribution in [0.25, 0.3) is 0 Å². The zero-order chi connectivity index (χ0) is 71.5. The second-order valence-corrected chi connectivity index (χ2v) is 27.7. The van der Waals surface area contributed by atoms with Crippen LogP contribution in [0.4, 0.5) is 10.5 Å². The fourth-order valence-corrected chi connectivity index (χ4v) is 13.8. The van der Waals surface area contributed by atoms with Crippen LogP contribution in [0.1, 0.15) is 164 Å². The number of anilines is 1. The van der Waals surface area contributed by atoms with Gasteiger partial charge in [0.2, 0.25) is 35.4 Å². The SMILES string of the molecule is CCOC(=O)C1CCN(C(=O)CCC(=O)N[C@H](C(=O)C[C@@H](CCCNC(N)=O)C(=O)Nc2ccc(CNC(=O)[C@@H](CC(=O)[C@H](C)[C@@H](OC)[C@@H]3CCCN3C(=O)C[C@@H](OC)[C@H]([C@@H](C)CC)N(C)C(=O)[C@@H](CC(=O)[C@H](C(C)C)N(C)C)C(C)C)Cc3ccccc3)cc2)C(C)C)CC1. The molecule has 0 unspecified atom stereocenters. The van der Waals surface area contributed by atoms with Gasteiger partial charge in [-0.25, -0.2) is 4.79 Å². The average molecular weight is 1340 g/mol. The molecule has 2 aliphatic rings. The molecule has 0 aliphatic carbocycles. The van der Waals surface area contributed by atoms with Gasteiger partial charge in [-0.2, -0.15) is 0 Å². The van der Waals surface area contributed by atoms with Gasteiger partial charge in [0.25, 0.3) is 0 Å². The first kappa shape index (κ1) is 81.3. The molecule has 2 fully saturated rings. The van der Waals surface area contributed by atoms with Crippen molar-refractivity contribution in [3.8, 4) is 0 Å². The number of methoxy groups -OCH3 is 2. The van der Waals surface area contributed by atoms with Crippen LogP contribution < -0.4 is 27.0 Å². The van der Waals surface area contributed by atoms with Crippen LogP contribution in [-0.4, -0.2) is 189 Å². The summed E-state index contributed by atoms with van der Waals surface area (Å²) in [6.07, 6.45) is 1.81. The molecule has 4 rings (SSSR count). The van der Waals surface area contributed by atoms with E-state index in [0.717, 1.165) is 5.56 Å². The number of nitrogens with one attached hydrogen (secondary N) is 4. The van der Waals surface area contributed by atoms with Gasteiger partial charge >= 0.3 is 12.0 Å². The number of ether oxygens (including phenoxy) is 3. The van der Waals surface area contributed by atoms with Crippen molar-refractivity contribution in [3.05, 3.63) is 65.7 Å². The quantitative estimate of drug-likeness (QED) is 0.0317. The van der Waals surface area contributed by atoms with E-state index in [1.165, 1.54) is 7.11 Å². The van der Waals surface area contributed by atoms with Gasteiger partial charge in [-0.05, 0) is 113 Å². The molecule has 2 aromatic rings. The molecule has 23 nitrogen and oxygen atoms in total. The average Bonchev–Trinajstić information content (AvgIpc) is 1.45. The Hall–Kier alpha value is -7.11. The zero-order valence-electron chi connectivity index (χ0n) is 60.1. The summed E-state index contributed by atoms with van der Waals surface area (Å²) in [6, 6.07) is 13.3. The van der Waals surface area contributed by atoms with Gasteiger partial charge in [0.15, 0.2) is 11.6 Å². The topological polar surface area (TPSA) is 303 Å². The molecule has 2 aliphatic heterocycles. The number of nitrogens with zero attached hydrogens (tertiary/aromatic N) is 4. The third-order valence-electron chi connectivity index (χ3n) is 19.5. The lowest BCUT2D eigenvalue weighted by Crippen LogP contribution is -2.54. The Bertz CT molecular complexity index is 2850. The van der Waals surface area contributed by atoms with Crippen molar-refractivity contribution >= 4 is 70.5 Å². The summed E-state index contributed by atoms with van der Waals surface area (Å²) in [5.74, 6) is -6.42. The van der Waals surface area contributed by atoms with Crippen LogP contribution >= 0.6 is 0 Å². The second-order valence-electron chi connectivity index (χ2n) is 27.7. The zero-order valence-corrected chi connectivity index (χ0v) is 60.1. The summed E-state index contributed by atoms with van der Waals surface area (Å²) < 4.78 is 17.4. The van der Waals surface area contributed by atoms with E-state index in [1.54, 1.807) is 80.8 Å². The predicted molar refractivity (Wildman–Crippen MR) is 368 cm³/mol. The first-order chi connectivity index (χ1) is 45.5.